The van der Waals surface area contributed by atoms with Gasteiger partial charge in [0.2, 0.25) is 0 Å². The van der Waals surface area contributed by atoms with Gasteiger partial charge in [-0.05, 0) is 24.3 Å². The second-order valence-corrected chi connectivity index (χ2v) is 5.04. The molecule has 1 heterocycles. The van der Waals surface area contributed by atoms with Gasteiger partial charge in [0.25, 0.3) is 0 Å². The standard InChI is InChI=1S/C15H10Cl2N2/c16-12-5-1-3-10(7-12)14-9-18-15(19-14)11-4-2-6-13(17)8-11/h1-9H,(H,18,19). The average Bonchev–Trinajstić information content (AvgIpc) is 2.88. The van der Waals surface area contributed by atoms with Gasteiger partial charge in [-0.25, -0.2) is 4.98 Å². The van der Waals surface area contributed by atoms with Crippen LogP contribution in [0.4, 0.5) is 0 Å². The number of hydrogen-bond acceptors (Lipinski definition) is 1. The van der Waals surface area contributed by atoms with Gasteiger partial charge in [0.15, 0.2) is 0 Å². The molecule has 0 saturated heterocycles. The number of halogens is 2. The monoisotopic (exact) mass is 288 g/mol. The van der Waals surface area contributed by atoms with E-state index in [4.69, 9.17) is 23.2 Å². The van der Waals surface area contributed by atoms with Crippen molar-refractivity contribution in [2.45, 2.75) is 0 Å². The number of aromatic nitrogens is 2. The van der Waals surface area contributed by atoms with E-state index in [1.54, 1.807) is 6.20 Å². The van der Waals surface area contributed by atoms with E-state index in [-0.39, 0.29) is 0 Å². The fourth-order valence-corrected chi connectivity index (χ4v) is 2.29. The molecule has 0 aliphatic heterocycles. The molecule has 0 fully saturated rings. The summed E-state index contributed by atoms with van der Waals surface area (Å²) in [5, 5.41) is 1.40. The molecule has 0 bridgehead atoms. The molecule has 0 spiro atoms. The number of imidazole rings is 1. The first-order chi connectivity index (χ1) is 9.22. The summed E-state index contributed by atoms with van der Waals surface area (Å²) < 4.78 is 0. The van der Waals surface area contributed by atoms with Crippen molar-refractivity contribution in [2.24, 2.45) is 0 Å². The second kappa shape index (κ2) is 5.08. The van der Waals surface area contributed by atoms with Gasteiger partial charge < -0.3 is 4.98 Å². The van der Waals surface area contributed by atoms with Crippen molar-refractivity contribution in [2.75, 3.05) is 0 Å². The van der Waals surface area contributed by atoms with Crippen LogP contribution in [-0.4, -0.2) is 9.97 Å². The van der Waals surface area contributed by atoms with E-state index in [2.05, 4.69) is 9.97 Å². The summed E-state index contributed by atoms with van der Waals surface area (Å²) in [7, 11) is 0. The Bertz CT molecular complexity index is 659. The molecule has 19 heavy (non-hydrogen) atoms. The fourth-order valence-electron chi connectivity index (χ4n) is 1.91. The normalized spacial score (nSPS) is 10.6. The van der Waals surface area contributed by atoms with Gasteiger partial charge in [0.05, 0.1) is 11.9 Å². The highest BCUT2D eigenvalue weighted by Gasteiger charge is 2.06. The van der Waals surface area contributed by atoms with Crippen LogP contribution in [0.2, 0.25) is 10.0 Å². The summed E-state index contributed by atoms with van der Waals surface area (Å²) in [5.41, 5.74) is 2.89. The molecule has 0 saturated carbocycles. The molecule has 2 aromatic carbocycles. The van der Waals surface area contributed by atoms with E-state index in [0.29, 0.717) is 10.0 Å². The Labute approximate surface area is 121 Å². The summed E-state index contributed by atoms with van der Waals surface area (Å²) in [6.07, 6.45) is 1.79. The maximum Gasteiger partial charge on any atom is 0.137 e. The third kappa shape index (κ3) is 2.65. The molecule has 0 radical (unpaired) electrons. The van der Waals surface area contributed by atoms with E-state index in [9.17, 15) is 0 Å². The maximum atomic E-state index is 5.99. The summed E-state index contributed by atoms with van der Waals surface area (Å²) in [5.74, 6) is 0.789. The summed E-state index contributed by atoms with van der Waals surface area (Å²) in [6.45, 7) is 0. The van der Waals surface area contributed by atoms with E-state index >= 15 is 0 Å². The lowest BCUT2D eigenvalue weighted by Gasteiger charge is -1.99. The molecule has 0 atom stereocenters. The number of nitrogens with one attached hydrogen (secondary N) is 1. The first-order valence-electron chi connectivity index (χ1n) is 5.79. The SMILES string of the molecule is Clc1cccc(-c2cnc(-c3cccc(Cl)c3)[nH]2)c1. The molecule has 94 valence electrons. The molecule has 2 nitrogen and oxygen atoms in total. The third-order valence-corrected chi connectivity index (χ3v) is 3.28. The van der Waals surface area contributed by atoms with Crippen LogP contribution in [0.25, 0.3) is 22.6 Å². The Morgan fingerprint density at radius 1 is 0.842 bits per heavy atom. The van der Waals surface area contributed by atoms with Crippen LogP contribution in [0.3, 0.4) is 0 Å². The van der Waals surface area contributed by atoms with Crippen molar-refractivity contribution in [3.63, 3.8) is 0 Å². The summed E-state index contributed by atoms with van der Waals surface area (Å²) >= 11 is 12.0. The Balaban J connectivity index is 2.00. The maximum absolute atomic E-state index is 5.99. The minimum Gasteiger partial charge on any atom is -0.338 e. The van der Waals surface area contributed by atoms with Crippen LogP contribution >= 0.6 is 23.2 Å². The molecule has 0 aliphatic carbocycles. The van der Waals surface area contributed by atoms with Crippen LogP contribution in [0.5, 0.6) is 0 Å². The minimum absolute atomic E-state index is 0.693. The van der Waals surface area contributed by atoms with Crippen LogP contribution in [0.1, 0.15) is 0 Å². The van der Waals surface area contributed by atoms with Gasteiger partial charge in [-0.2, -0.15) is 0 Å². The van der Waals surface area contributed by atoms with Gasteiger partial charge in [-0.3, -0.25) is 0 Å². The van der Waals surface area contributed by atoms with Crippen LogP contribution in [0, 0.1) is 0 Å². The predicted octanol–water partition coefficient (Wildman–Crippen LogP) is 5.05. The third-order valence-electron chi connectivity index (χ3n) is 2.81. The van der Waals surface area contributed by atoms with Crippen molar-refractivity contribution < 1.29 is 0 Å². The lowest BCUT2D eigenvalue weighted by Crippen LogP contribution is -1.81. The zero-order valence-corrected chi connectivity index (χ0v) is 11.4. The van der Waals surface area contributed by atoms with Gasteiger partial charge in [0, 0.05) is 21.2 Å². The number of rotatable bonds is 2. The molecular formula is C15H10Cl2N2. The van der Waals surface area contributed by atoms with Gasteiger partial charge in [0.1, 0.15) is 5.82 Å². The first kappa shape index (κ1) is 12.3. The van der Waals surface area contributed by atoms with Crippen molar-refractivity contribution in [1.82, 2.24) is 9.97 Å². The molecule has 3 rings (SSSR count). The number of aromatic amines is 1. The summed E-state index contributed by atoms with van der Waals surface area (Å²) in [6, 6.07) is 15.2. The lowest BCUT2D eigenvalue weighted by molar-refractivity contribution is 1.31. The molecular weight excluding hydrogens is 279 g/mol. The van der Waals surface area contributed by atoms with Gasteiger partial charge in [-0.15, -0.1) is 0 Å². The molecule has 0 aliphatic rings. The molecule has 4 heteroatoms. The smallest absolute Gasteiger partial charge is 0.137 e. The van der Waals surface area contributed by atoms with Gasteiger partial charge >= 0.3 is 0 Å². The largest absolute Gasteiger partial charge is 0.338 e. The number of hydrogen-bond donors (Lipinski definition) is 1. The van der Waals surface area contributed by atoms with E-state index in [1.165, 1.54) is 0 Å². The van der Waals surface area contributed by atoms with E-state index in [0.717, 1.165) is 22.6 Å². The van der Waals surface area contributed by atoms with Crippen molar-refractivity contribution in [1.29, 1.82) is 0 Å². The zero-order valence-electron chi connectivity index (χ0n) is 9.90. The first-order valence-corrected chi connectivity index (χ1v) is 6.55. The molecule has 1 aromatic heterocycles. The van der Waals surface area contributed by atoms with Gasteiger partial charge in [-0.1, -0.05) is 47.5 Å². The molecule has 0 amide bonds. The number of nitrogens with zero attached hydrogens (tertiary/aromatic N) is 1. The van der Waals surface area contributed by atoms with E-state index in [1.807, 2.05) is 48.5 Å². The second-order valence-electron chi connectivity index (χ2n) is 4.17. The Kier molecular flexibility index (Phi) is 3.28. The quantitative estimate of drug-likeness (QED) is 0.702. The number of benzene rings is 2. The van der Waals surface area contributed by atoms with Crippen LogP contribution in [0.15, 0.2) is 54.7 Å². The van der Waals surface area contributed by atoms with Crippen molar-refractivity contribution in [3.05, 3.63) is 64.8 Å². The Hall–Kier alpha value is -1.77. The molecule has 1 N–H and O–H groups in total. The molecule has 0 unspecified atom stereocenters. The van der Waals surface area contributed by atoms with Crippen molar-refractivity contribution >= 4 is 23.2 Å². The zero-order chi connectivity index (χ0) is 13.2. The minimum atomic E-state index is 0.693. The Morgan fingerprint density at radius 3 is 2.16 bits per heavy atom. The van der Waals surface area contributed by atoms with Crippen molar-refractivity contribution in [3.8, 4) is 22.6 Å². The van der Waals surface area contributed by atoms with Crippen LogP contribution in [-0.2, 0) is 0 Å². The fraction of sp³-hybridized carbons (Fsp3) is 0. The summed E-state index contributed by atoms with van der Waals surface area (Å²) in [4.78, 5) is 7.65. The lowest BCUT2D eigenvalue weighted by atomic mass is 10.2. The highest BCUT2D eigenvalue weighted by Crippen LogP contribution is 2.25. The highest BCUT2D eigenvalue weighted by molar-refractivity contribution is 6.31. The number of H-pyrrole nitrogens is 1. The predicted molar refractivity (Wildman–Crippen MR) is 79.5 cm³/mol. The van der Waals surface area contributed by atoms with E-state index < -0.39 is 0 Å². The molecule has 3 aromatic rings. The average molecular weight is 289 g/mol. The van der Waals surface area contributed by atoms with Crippen LogP contribution < -0.4 is 0 Å². The highest BCUT2D eigenvalue weighted by atomic mass is 35.5. The topological polar surface area (TPSA) is 28.7 Å². The Morgan fingerprint density at radius 2 is 1.47 bits per heavy atom.